The van der Waals surface area contributed by atoms with E-state index >= 15 is 0 Å². The molecule has 1 aliphatic rings. The zero-order valence-electron chi connectivity index (χ0n) is 11.0. The Balaban J connectivity index is 1.90. The predicted octanol–water partition coefficient (Wildman–Crippen LogP) is 2.70. The molecule has 5 heteroatoms. The summed E-state index contributed by atoms with van der Waals surface area (Å²) in [4.78, 5) is 12.2. The maximum atomic E-state index is 5.72. The van der Waals surface area contributed by atoms with Crippen LogP contribution in [0.4, 0.5) is 0 Å². The molecule has 0 bridgehead atoms. The first-order chi connectivity index (χ1) is 9.81. The van der Waals surface area contributed by atoms with Crippen molar-refractivity contribution in [2.45, 2.75) is 6.92 Å². The second-order valence-electron chi connectivity index (χ2n) is 4.74. The van der Waals surface area contributed by atoms with Gasteiger partial charge in [0.1, 0.15) is 19.0 Å². The van der Waals surface area contributed by atoms with Gasteiger partial charge in [0.15, 0.2) is 17.1 Å². The molecular weight excluding hydrogens is 254 g/mol. The predicted molar refractivity (Wildman–Crippen MR) is 75.1 cm³/mol. The van der Waals surface area contributed by atoms with Gasteiger partial charge in [-0.05, 0) is 31.2 Å². The third-order valence-corrected chi connectivity index (χ3v) is 3.31. The van der Waals surface area contributed by atoms with Crippen molar-refractivity contribution in [1.82, 2.24) is 15.0 Å². The lowest BCUT2D eigenvalue weighted by atomic mass is 10.1. The van der Waals surface area contributed by atoms with Gasteiger partial charge in [-0.1, -0.05) is 6.07 Å². The smallest absolute Gasteiger partial charge is 0.178 e. The minimum atomic E-state index is 0.557. The molecule has 2 aromatic heterocycles. The molecule has 0 unspecified atom stereocenters. The number of nitrogens with zero attached hydrogens (tertiary/aromatic N) is 2. The fourth-order valence-electron chi connectivity index (χ4n) is 2.37. The Morgan fingerprint density at radius 2 is 1.95 bits per heavy atom. The number of hydrogen-bond acceptors (Lipinski definition) is 4. The van der Waals surface area contributed by atoms with E-state index in [9.17, 15) is 0 Å². The van der Waals surface area contributed by atoms with Gasteiger partial charge in [-0.25, -0.2) is 9.97 Å². The lowest BCUT2D eigenvalue weighted by Gasteiger charge is -2.20. The summed E-state index contributed by atoms with van der Waals surface area (Å²) < 4.78 is 11.3. The Morgan fingerprint density at radius 1 is 1.05 bits per heavy atom. The van der Waals surface area contributed by atoms with Crippen LogP contribution in [0.1, 0.15) is 5.69 Å². The van der Waals surface area contributed by atoms with E-state index in [1.807, 2.05) is 37.3 Å². The quantitative estimate of drug-likeness (QED) is 0.736. The molecule has 1 aliphatic heterocycles. The normalized spacial score (nSPS) is 13.7. The maximum Gasteiger partial charge on any atom is 0.178 e. The number of H-pyrrole nitrogens is 1. The molecule has 4 rings (SSSR count). The van der Waals surface area contributed by atoms with Crippen molar-refractivity contribution in [3.63, 3.8) is 0 Å². The molecule has 0 saturated carbocycles. The molecular formula is C15H13N3O2. The van der Waals surface area contributed by atoms with E-state index < -0.39 is 0 Å². The molecule has 0 fully saturated rings. The van der Waals surface area contributed by atoms with E-state index in [2.05, 4.69) is 15.0 Å². The third-order valence-electron chi connectivity index (χ3n) is 3.31. The molecule has 0 amide bonds. The van der Waals surface area contributed by atoms with E-state index in [-0.39, 0.29) is 0 Å². The number of benzene rings is 1. The van der Waals surface area contributed by atoms with Crippen LogP contribution in [0, 0.1) is 6.92 Å². The summed E-state index contributed by atoms with van der Waals surface area (Å²) in [7, 11) is 0. The molecule has 5 nitrogen and oxygen atoms in total. The molecule has 3 heterocycles. The number of ether oxygens (including phenoxy) is 2. The van der Waals surface area contributed by atoms with Crippen LogP contribution >= 0.6 is 0 Å². The first kappa shape index (κ1) is 11.3. The van der Waals surface area contributed by atoms with Crippen molar-refractivity contribution >= 4 is 11.2 Å². The Kier molecular flexibility index (Phi) is 2.39. The van der Waals surface area contributed by atoms with Crippen LogP contribution in [0.5, 0.6) is 11.5 Å². The first-order valence-electron chi connectivity index (χ1n) is 6.53. The highest BCUT2D eigenvalue weighted by Crippen LogP contribution is 2.39. The molecule has 0 atom stereocenters. The Bertz CT molecular complexity index is 795. The number of pyridine rings is 1. The van der Waals surface area contributed by atoms with Crippen LogP contribution in [-0.2, 0) is 0 Å². The number of rotatable bonds is 1. The second-order valence-corrected chi connectivity index (χ2v) is 4.74. The monoisotopic (exact) mass is 267 g/mol. The van der Waals surface area contributed by atoms with E-state index in [0.29, 0.717) is 18.9 Å². The zero-order valence-corrected chi connectivity index (χ0v) is 11.0. The summed E-state index contributed by atoms with van der Waals surface area (Å²) in [6.07, 6.45) is 0. The average Bonchev–Trinajstić information content (AvgIpc) is 2.89. The highest BCUT2D eigenvalue weighted by atomic mass is 16.6. The summed E-state index contributed by atoms with van der Waals surface area (Å²) in [5, 5.41) is 0. The molecule has 1 aromatic carbocycles. The summed E-state index contributed by atoms with van der Waals surface area (Å²) in [5.41, 5.74) is 3.48. The minimum Gasteiger partial charge on any atom is -0.486 e. The van der Waals surface area contributed by atoms with Gasteiger partial charge in [0.2, 0.25) is 0 Å². The number of imidazole rings is 1. The number of aromatic nitrogens is 3. The SMILES string of the molecule is Cc1ccc2[nH]c(-c3cccc4c3OCCO4)nc2n1. The fraction of sp³-hybridized carbons (Fsp3) is 0.200. The fourth-order valence-corrected chi connectivity index (χ4v) is 2.37. The average molecular weight is 267 g/mol. The van der Waals surface area contributed by atoms with Crippen molar-refractivity contribution < 1.29 is 9.47 Å². The lowest BCUT2D eigenvalue weighted by Crippen LogP contribution is -2.15. The number of aromatic amines is 1. The van der Waals surface area contributed by atoms with Crippen LogP contribution in [0.15, 0.2) is 30.3 Å². The molecule has 0 saturated heterocycles. The largest absolute Gasteiger partial charge is 0.486 e. The number of aryl methyl sites for hydroxylation is 1. The number of fused-ring (bicyclic) bond motifs is 2. The van der Waals surface area contributed by atoms with E-state index in [1.54, 1.807) is 0 Å². The van der Waals surface area contributed by atoms with Gasteiger partial charge < -0.3 is 14.5 Å². The van der Waals surface area contributed by atoms with Gasteiger partial charge >= 0.3 is 0 Å². The van der Waals surface area contributed by atoms with E-state index in [0.717, 1.165) is 34.1 Å². The van der Waals surface area contributed by atoms with Crippen molar-refractivity contribution in [2.75, 3.05) is 13.2 Å². The van der Waals surface area contributed by atoms with Crippen molar-refractivity contribution in [3.8, 4) is 22.9 Å². The zero-order chi connectivity index (χ0) is 13.5. The number of nitrogens with one attached hydrogen (secondary N) is 1. The number of para-hydroxylation sites is 1. The number of hydrogen-bond donors (Lipinski definition) is 1. The highest BCUT2D eigenvalue weighted by molar-refractivity contribution is 5.79. The molecule has 0 spiro atoms. The standard InChI is InChI=1S/C15H13N3O2/c1-9-5-6-11-15(16-9)18-14(17-11)10-3-2-4-12-13(10)20-8-7-19-12/h2-6H,7-8H2,1H3,(H,16,17,18). The Labute approximate surface area is 115 Å². The minimum absolute atomic E-state index is 0.557. The van der Waals surface area contributed by atoms with Crippen LogP contribution in [0.3, 0.4) is 0 Å². The molecule has 20 heavy (non-hydrogen) atoms. The summed E-state index contributed by atoms with van der Waals surface area (Å²) in [6.45, 7) is 3.09. The summed E-state index contributed by atoms with van der Waals surface area (Å²) in [5.74, 6) is 2.26. The van der Waals surface area contributed by atoms with Crippen LogP contribution in [0.2, 0.25) is 0 Å². The van der Waals surface area contributed by atoms with E-state index in [4.69, 9.17) is 9.47 Å². The van der Waals surface area contributed by atoms with Gasteiger partial charge in [-0.15, -0.1) is 0 Å². The molecule has 0 aliphatic carbocycles. The Morgan fingerprint density at radius 3 is 2.90 bits per heavy atom. The summed E-state index contributed by atoms with van der Waals surface area (Å²) >= 11 is 0. The van der Waals surface area contributed by atoms with Crippen molar-refractivity contribution in [2.24, 2.45) is 0 Å². The van der Waals surface area contributed by atoms with Crippen LogP contribution in [-0.4, -0.2) is 28.2 Å². The van der Waals surface area contributed by atoms with Crippen molar-refractivity contribution in [3.05, 3.63) is 36.0 Å². The second kappa shape index (κ2) is 4.23. The molecule has 0 radical (unpaired) electrons. The maximum absolute atomic E-state index is 5.72. The highest BCUT2D eigenvalue weighted by Gasteiger charge is 2.19. The van der Waals surface area contributed by atoms with Gasteiger partial charge in [-0.2, -0.15) is 0 Å². The third kappa shape index (κ3) is 1.71. The van der Waals surface area contributed by atoms with Gasteiger partial charge in [-0.3, -0.25) is 0 Å². The molecule has 3 aromatic rings. The summed E-state index contributed by atoms with van der Waals surface area (Å²) in [6, 6.07) is 9.76. The Hall–Kier alpha value is -2.56. The first-order valence-corrected chi connectivity index (χ1v) is 6.53. The topological polar surface area (TPSA) is 60.0 Å². The van der Waals surface area contributed by atoms with Crippen molar-refractivity contribution in [1.29, 1.82) is 0 Å². The van der Waals surface area contributed by atoms with Crippen LogP contribution < -0.4 is 9.47 Å². The van der Waals surface area contributed by atoms with Crippen LogP contribution in [0.25, 0.3) is 22.6 Å². The van der Waals surface area contributed by atoms with Gasteiger partial charge in [0.25, 0.3) is 0 Å². The lowest BCUT2D eigenvalue weighted by molar-refractivity contribution is 0.172. The van der Waals surface area contributed by atoms with Gasteiger partial charge in [0.05, 0.1) is 11.1 Å². The van der Waals surface area contributed by atoms with Gasteiger partial charge in [0, 0.05) is 5.69 Å². The molecule has 100 valence electrons. The van der Waals surface area contributed by atoms with E-state index in [1.165, 1.54) is 0 Å². The molecule has 1 N–H and O–H groups in total.